The summed E-state index contributed by atoms with van der Waals surface area (Å²) in [4.78, 5) is 20.2. The van der Waals surface area contributed by atoms with Crippen molar-refractivity contribution in [3.05, 3.63) is 39.8 Å². The second-order valence-electron chi connectivity index (χ2n) is 10.4. The second-order valence-corrected chi connectivity index (χ2v) is 11.5. The van der Waals surface area contributed by atoms with Gasteiger partial charge in [0.1, 0.15) is 11.1 Å². The Labute approximate surface area is 212 Å². The van der Waals surface area contributed by atoms with E-state index in [1.165, 1.54) is 10.4 Å². The van der Waals surface area contributed by atoms with Crippen molar-refractivity contribution in [2.24, 2.45) is 16.3 Å². The fraction of sp³-hybridized carbons (Fsp3) is 0.536. The van der Waals surface area contributed by atoms with Crippen LogP contribution in [0.1, 0.15) is 68.5 Å². The molecule has 35 heavy (non-hydrogen) atoms. The number of ether oxygens (including phenoxy) is 2. The highest BCUT2D eigenvalue weighted by atomic mass is 32.1. The van der Waals surface area contributed by atoms with E-state index in [9.17, 15) is 10.1 Å². The van der Waals surface area contributed by atoms with E-state index >= 15 is 0 Å². The monoisotopic (exact) mass is 493 g/mol. The summed E-state index contributed by atoms with van der Waals surface area (Å²) in [7, 11) is 0. The third-order valence-corrected chi connectivity index (χ3v) is 8.15. The van der Waals surface area contributed by atoms with E-state index in [1.54, 1.807) is 17.6 Å². The first-order valence-corrected chi connectivity index (χ1v) is 13.4. The number of amides is 1. The Morgan fingerprint density at radius 3 is 2.71 bits per heavy atom. The number of nitriles is 1. The molecule has 186 valence electrons. The number of nitrogens with zero attached hydrogens (tertiary/aromatic N) is 3. The lowest BCUT2D eigenvalue weighted by Crippen LogP contribution is -2.32. The van der Waals surface area contributed by atoms with Gasteiger partial charge in [-0.05, 0) is 79.7 Å². The fourth-order valence-corrected chi connectivity index (χ4v) is 6.06. The van der Waals surface area contributed by atoms with E-state index in [0.717, 1.165) is 61.3 Å². The van der Waals surface area contributed by atoms with E-state index in [1.807, 2.05) is 30.0 Å². The molecule has 1 saturated heterocycles. The molecule has 1 aromatic carbocycles. The van der Waals surface area contributed by atoms with Crippen LogP contribution in [0.15, 0.2) is 23.2 Å². The number of hydrogen-bond donors (Lipinski definition) is 0. The molecule has 1 fully saturated rings. The molecule has 6 nitrogen and oxygen atoms in total. The van der Waals surface area contributed by atoms with Gasteiger partial charge in [-0.1, -0.05) is 20.8 Å². The molecule has 4 rings (SSSR count). The predicted molar refractivity (Wildman–Crippen MR) is 140 cm³/mol. The van der Waals surface area contributed by atoms with Crippen LogP contribution in [0.2, 0.25) is 0 Å². The van der Waals surface area contributed by atoms with E-state index < -0.39 is 0 Å². The zero-order valence-corrected chi connectivity index (χ0v) is 22.0. The Hall–Kier alpha value is -2.85. The highest BCUT2D eigenvalue weighted by Crippen LogP contribution is 2.45. The smallest absolute Gasteiger partial charge is 0.260 e. The van der Waals surface area contributed by atoms with Crippen LogP contribution in [0.4, 0.5) is 5.00 Å². The molecule has 0 saturated carbocycles. The largest absolute Gasteiger partial charge is 0.490 e. The number of fused-ring (bicyclic) bond motifs is 1. The quantitative estimate of drug-likeness (QED) is 0.449. The molecule has 2 aliphatic rings. The zero-order chi connectivity index (χ0) is 25.0. The van der Waals surface area contributed by atoms with Gasteiger partial charge in [-0.2, -0.15) is 5.26 Å². The van der Waals surface area contributed by atoms with E-state index in [-0.39, 0.29) is 17.9 Å². The van der Waals surface area contributed by atoms with E-state index in [0.29, 0.717) is 24.0 Å². The van der Waals surface area contributed by atoms with E-state index in [4.69, 9.17) is 14.5 Å². The van der Waals surface area contributed by atoms with Crippen molar-refractivity contribution in [3.63, 3.8) is 0 Å². The molecule has 0 N–H and O–H groups in total. The Morgan fingerprint density at radius 1 is 1.26 bits per heavy atom. The van der Waals surface area contributed by atoms with Crippen molar-refractivity contribution in [3.8, 4) is 17.6 Å². The predicted octanol–water partition coefficient (Wildman–Crippen LogP) is 5.92. The minimum Gasteiger partial charge on any atom is -0.490 e. The Morgan fingerprint density at radius 2 is 2.03 bits per heavy atom. The molecule has 0 radical (unpaired) electrons. The molecule has 2 heterocycles. The van der Waals surface area contributed by atoms with Gasteiger partial charge in [-0.25, -0.2) is 4.99 Å². The average Bonchev–Trinajstić information content (AvgIpc) is 3.49. The first-order valence-electron chi connectivity index (χ1n) is 12.6. The topological polar surface area (TPSA) is 74.9 Å². The van der Waals surface area contributed by atoms with E-state index in [2.05, 4.69) is 26.8 Å². The maximum Gasteiger partial charge on any atom is 0.260 e. The van der Waals surface area contributed by atoms with Crippen LogP contribution in [0, 0.1) is 22.7 Å². The number of benzene rings is 1. The number of rotatable bonds is 7. The van der Waals surface area contributed by atoms with Crippen molar-refractivity contribution < 1.29 is 14.3 Å². The minimum absolute atomic E-state index is 0.00924. The summed E-state index contributed by atoms with van der Waals surface area (Å²) in [6.45, 7) is 10.9. The van der Waals surface area contributed by atoms with Crippen LogP contribution in [0.25, 0.3) is 0 Å². The third kappa shape index (κ3) is 5.87. The standard InChI is InChI=1S/C28H35N3O3S/c1-5-33-24-14-19(8-11-23(24)34-18-26(32)31-12-6-7-13-31)17-30-27-22(16-29)21-10-9-20(28(2,3)4)15-25(21)35-27/h8,11,14,17,20H,5-7,9-10,12-13,15,18H2,1-4H3/t20-/m0/s1. The normalized spacial score (nSPS) is 17.9. The van der Waals surface area contributed by atoms with Gasteiger partial charge in [0.25, 0.3) is 5.91 Å². The Balaban J connectivity index is 1.50. The van der Waals surface area contributed by atoms with Crippen LogP contribution < -0.4 is 9.47 Å². The van der Waals surface area contributed by atoms with Gasteiger partial charge in [-0.15, -0.1) is 11.3 Å². The molecule has 1 aliphatic heterocycles. The lowest BCUT2D eigenvalue weighted by molar-refractivity contribution is -0.132. The van der Waals surface area contributed by atoms with Gasteiger partial charge >= 0.3 is 0 Å². The Bertz CT molecular complexity index is 1130. The number of carbonyl (C=O) groups is 1. The molecule has 0 spiro atoms. The van der Waals surface area contributed by atoms with Crippen LogP contribution in [0.3, 0.4) is 0 Å². The Kier molecular flexibility index (Phi) is 7.81. The first kappa shape index (κ1) is 25.2. The lowest BCUT2D eigenvalue weighted by Gasteiger charge is -2.33. The van der Waals surface area contributed by atoms with Crippen molar-refractivity contribution in [1.29, 1.82) is 5.26 Å². The van der Waals surface area contributed by atoms with Crippen LogP contribution in [-0.2, 0) is 17.6 Å². The summed E-state index contributed by atoms with van der Waals surface area (Å²) < 4.78 is 11.6. The molecule has 0 bridgehead atoms. The molecule has 2 aromatic rings. The summed E-state index contributed by atoms with van der Waals surface area (Å²) in [5, 5.41) is 10.6. The first-order chi connectivity index (χ1) is 16.8. The maximum atomic E-state index is 12.3. The van der Waals surface area contributed by atoms with Gasteiger partial charge in [0, 0.05) is 24.2 Å². The molecular formula is C28H35N3O3S. The maximum absolute atomic E-state index is 12.3. The van der Waals surface area contributed by atoms with Crippen molar-refractivity contribution in [1.82, 2.24) is 4.90 Å². The number of carbonyl (C=O) groups excluding carboxylic acids is 1. The summed E-state index contributed by atoms with van der Waals surface area (Å²) in [5.41, 5.74) is 3.02. The summed E-state index contributed by atoms with van der Waals surface area (Å²) in [5.74, 6) is 1.77. The minimum atomic E-state index is 0.00924. The summed E-state index contributed by atoms with van der Waals surface area (Å²) in [6, 6.07) is 7.99. The van der Waals surface area contributed by atoms with Crippen LogP contribution >= 0.6 is 11.3 Å². The summed E-state index contributed by atoms with van der Waals surface area (Å²) >= 11 is 1.65. The van der Waals surface area contributed by atoms with Crippen LogP contribution in [-0.4, -0.2) is 43.3 Å². The average molecular weight is 494 g/mol. The van der Waals surface area contributed by atoms with Crippen molar-refractivity contribution in [2.45, 2.75) is 59.8 Å². The van der Waals surface area contributed by atoms with Gasteiger partial charge in [0.2, 0.25) is 0 Å². The number of likely N-dealkylation sites (tertiary alicyclic amines) is 1. The zero-order valence-electron chi connectivity index (χ0n) is 21.2. The molecule has 1 aliphatic carbocycles. The van der Waals surface area contributed by atoms with Gasteiger partial charge in [0.15, 0.2) is 18.1 Å². The molecule has 0 unspecified atom stereocenters. The summed E-state index contributed by atoms with van der Waals surface area (Å²) in [6.07, 6.45) is 6.97. The van der Waals surface area contributed by atoms with Gasteiger partial charge in [0.05, 0.1) is 12.2 Å². The van der Waals surface area contributed by atoms with Crippen molar-refractivity contribution in [2.75, 3.05) is 26.3 Å². The van der Waals surface area contributed by atoms with Gasteiger partial charge in [-0.3, -0.25) is 4.79 Å². The third-order valence-electron chi connectivity index (χ3n) is 6.99. The number of aliphatic imine (C=N–C) groups is 1. The molecule has 7 heteroatoms. The number of thiophene rings is 1. The number of hydrogen-bond acceptors (Lipinski definition) is 6. The molecule has 1 atom stereocenters. The highest BCUT2D eigenvalue weighted by molar-refractivity contribution is 7.16. The fourth-order valence-electron chi connectivity index (χ4n) is 4.84. The van der Waals surface area contributed by atoms with Gasteiger partial charge < -0.3 is 14.4 Å². The highest BCUT2D eigenvalue weighted by Gasteiger charge is 2.32. The molecular weight excluding hydrogens is 458 g/mol. The second kappa shape index (κ2) is 10.8. The molecule has 1 aromatic heterocycles. The van der Waals surface area contributed by atoms with Crippen LogP contribution in [0.5, 0.6) is 11.5 Å². The lowest BCUT2D eigenvalue weighted by atomic mass is 9.72. The van der Waals surface area contributed by atoms with Crippen molar-refractivity contribution >= 4 is 28.5 Å². The SMILES string of the molecule is CCOc1cc(C=Nc2sc3c(c2C#N)CC[C@H](C(C)(C)C)C3)ccc1OCC(=O)N1CCCC1. The molecule has 1 amide bonds.